The Bertz CT molecular complexity index is 569. The number of amides is 1. The van der Waals surface area contributed by atoms with Crippen LogP contribution in [0.2, 0.25) is 0 Å². The first-order valence-corrected chi connectivity index (χ1v) is 6.07. The molecule has 0 bridgehead atoms. The van der Waals surface area contributed by atoms with E-state index < -0.39 is 11.9 Å². The smallest absolute Gasteiger partial charge is 0.306 e. The zero-order valence-electron chi connectivity index (χ0n) is 10.6. The maximum Gasteiger partial charge on any atom is 0.306 e. The summed E-state index contributed by atoms with van der Waals surface area (Å²) in [4.78, 5) is 22.4. The van der Waals surface area contributed by atoms with Gasteiger partial charge in [0, 0.05) is 11.9 Å². The average molecular weight is 261 g/mol. The van der Waals surface area contributed by atoms with E-state index in [0.29, 0.717) is 18.5 Å². The maximum absolute atomic E-state index is 11.8. The Morgan fingerprint density at radius 3 is 2.79 bits per heavy atom. The number of carboxylic acids is 1. The summed E-state index contributed by atoms with van der Waals surface area (Å²) in [7, 11) is 0. The van der Waals surface area contributed by atoms with Crippen molar-refractivity contribution in [3.63, 3.8) is 0 Å². The predicted octanol–water partition coefficient (Wildman–Crippen LogP) is 2.27. The van der Waals surface area contributed by atoms with Crippen LogP contribution < -0.4 is 5.32 Å². The molecule has 0 radical (unpaired) electrons. The summed E-state index contributed by atoms with van der Waals surface area (Å²) in [5.41, 5.74) is 0.659. The molecule has 1 amide bonds. The normalized spacial score (nSPS) is 12.3. The number of furan rings is 1. The van der Waals surface area contributed by atoms with E-state index in [9.17, 15) is 9.59 Å². The van der Waals surface area contributed by atoms with Crippen LogP contribution in [0, 0.1) is 5.92 Å². The van der Waals surface area contributed by atoms with Gasteiger partial charge >= 0.3 is 5.97 Å². The van der Waals surface area contributed by atoms with Crippen molar-refractivity contribution in [1.82, 2.24) is 5.32 Å². The number of carboxylic acid groups (broad SMARTS) is 1. The molecule has 0 spiro atoms. The lowest BCUT2D eigenvalue weighted by molar-refractivity contribution is -0.141. The van der Waals surface area contributed by atoms with Crippen LogP contribution in [-0.2, 0) is 4.79 Å². The Hall–Kier alpha value is -2.30. The van der Waals surface area contributed by atoms with E-state index in [1.165, 1.54) is 0 Å². The molecule has 2 N–H and O–H groups in total. The van der Waals surface area contributed by atoms with Gasteiger partial charge in [-0.2, -0.15) is 0 Å². The average Bonchev–Trinajstić information content (AvgIpc) is 2.82. The van der Waals surface area contributed by atoms with Gasteiger partial charge in [-0.3, -0.25) is 9.59 Å². The molecule has 0 saturated carbocycles. The van der Waals surface area contributed by atoms with Gasteiger partial charge in [-0.1, -0.05) is 25.1 Å². The van der Waals surface area contributed by atoms with E-state index in [4.69, 9.17) is 9.52 Å². The van der Waals surface area contributed by atoms with Gasteiger partial charge in [0.2, 0.25) is 0 Å². The molecule has 0 fully saturated rings. The third-order valence-electron chi connectivity index (χ3n) is 2.93. The van der Waals surface area contributed by atoms with E-state index in [0.717, 1.165) is 5.39 Å². The molecule has 0 aliphatic carbocycles. The largest absolute Gasteiger partial charge is 0.481 e. The summed E-state index contributed by atoms with van der Waals surface area (Å²) in [6.45, 7) is 1.92. The summed E-state index contributed by atoms with van der Waals surface area (Å²) in [5.74, 6) is -1.42. The molecule has 100 valence electrons. The number of para-hydroxylation sites is 1. The van der Waals surface area contributed by atoms with Crippen molar-refractivity contribution in [2.24, 2.45) is 5.92 Å². The molecule has 5 nitrogen and oxygen atoms in total. The number of fused-ring (bicyclic) bond motifs is 1. The molecule has 0 aliphatic rings. The topological polar surface area (TPSA) is 79.5 Å². The third kappa shape index (κ3) is 3.13. The summed E-state index contributed by atoms with van der Waals surface area (Å²) in [6.07, 6.45) is 0.390. The molecule has 5 heteroatoms. The molecule has 2 aromatic rings. The molecule has 1 heterocycles. The number of hydrogen-bond donors (Lipinski definition) is 2. The standard InChI is InChI=1S/C14H15NO4/c1-9(14(17)18)6-7-15-13(16)12-8-10-4-2-3-5-11(10)19-12/h2-5,8-9H,6-7H2,1H3,(H,15,16)(H,17,18). The number of benzene rings is 1. The zero-order chi connectivity index (χ0) is 13.8. The van der Waals surface area contributed by atoms with Gasteiger partial charge in [-0.25, -0.2) is 0 Å². The van der Waals surface area contributed by atoms with Crippen molar-refractivity contribution >= 4 is 22.8 Å². The monoisotopic (exact) mass is 261 g/mol. The zero-order valence-corrected chi connectivity index (χ0v) is 10.6. The maximum atomic E-state index is 11.8. The van der Waals surface area contributed by atoms with E-state index in [1.807, 2.05) is 18.2 Å². The van der Waals surface area contributed by atoms with Crippen molar-refractivity contribution in [2.75, 3.05) is 6.54 Å². The lowest BCUT2D eigenvalue weighted by Crippen LogP contribution is -2.26. The summed E-state index contributed by atoms with van der Waals surface area (Å²) in [5, 5.41) is 12.2. The molecular formula is C14H15NO4. The van der Waals surface area contributed by atoms with Crippen molar-refractivity contribution < 1.29 is 19.1 Å². The van der Waals surface area contributed by atoms with Crippen LogP contribution >= 0.6 is 0 Å². The highest BCUT2D eigenvalue weighted by Crippen LogP contribution is 2.18. The van der Waals surface area contributed by atoms with Crippen LogP contribution in [0.1, 0.15) is 23.9 Å². The van der Waals surface area contributed by atoms with Crippen LogP contribution in [0.15, 0.2) is 34.7 Å². The Morgan fingerprint density at radius 1 is 1.37 bits per heavy atom. The number of nitrogens with one attached hydrogen (secondary N) is 1. The third-order valence-corrected chi connectivity index (χ3v) is 2.93. The SMILES string of the molecule is CC(CCNC(=O)c1cc2ccccc2o1)C(=O)O. The first kappa shape index (κ1) is 13.1. The number of rotatable bonds is 5. The van der Waals surface area contributed by atoms with Crippen molar-refractivity contribution in [3.05, 3.63) is 36.1 Å². The molecule has 1 aromatic heterocycles. The molecule has 1 unspecified atom stereocenters. The van der Waals surface area contributed by atoms with E-state index in [2.05, 4.69) is 5.32 Å². The van der Waals surface area contributed by atoms with E-state index >= 15 is 0 Å². The van der Waals surface area contributed by atoms with Gasteiger partial charge < -0.3 is 14.8 Å². The molecule has 19 heavy (non-hydrogen) atoms. The van der Waals surface area contributed by atoms with E-state index in [1.54, 1.807) is 19.1 Å². The number of aliphatic carboxylic acids is 1. The fourth-order valence-electron chi connectivity index (χ4n) is 1.71. The fraction of sp³-hybridized carbons (Fsp3) is 0.286. The number of carbonyl (C=O) groups is 2. The van der Waals surface area contributed by atoms with Crippen LogP contribution in [-0.4, -0.2) is 23.5 Å². The quantitative estimate of drug-likeness (QED) is 0.865. The highest BCUT2D eigenvalue weighted by Gasteiger charge is 2.14. The second kappa shape index (κ2) is 5.56. The Kier molecular flexibility index (Phi) is 3.85. The summed E-state index contributed by atoms with van der Waals surface area (Å²) >= 11 is 0. The molecule has 0 aliphatic heterocycles. The highest BCUT2D eigenvalue weighted by molar-refractivity contribution is 5.96. The second-order valence-corrected chi connectivity index (χ2v) is 4.43. The van der Waals surface area contributed by atoms with Crippen LogP contribution in [0.25, 0.3) is 11.0 Å². The molecule has 1 atom stereocenters. The van der Waals surface area contributed by atoms with Crippen molar-refractivity contribution in [1.29, 1.82) is 0 Å². The fourth-order valence-corrected chi connectivity index (χ4v) is 1.71. The molecule has 1 aromatic carbocycles. The number of hydrogen-bond acceptors (Lipinski definition) is 3. The van der Waals surface area contributed by atoms with Gasteiger partial charge in [-0.05, 0) is 18.6 Å². The van der Waals surface area contributed by atoms with Gasteiger partial charge in [0.05, 0.1) is 5.92 Å². The van der Waals surface area contributed by atoms with Gasteiger partial charge in [0.25, 0.3) is 5.91 Å². The van der Waals surface area contributed by atoms with Gasteiger partial charge in [-0.15, -0.1) is 0 Å². The number of carbonyl (C=O) groups excluding carboxylic acids is 1. The van der Waals surface area contributed by atoms with Gasteiger partial charge in [0.15, 0.2) is 5.76 Å². The Labute approximate surface area is 110 Å². The summed E-state index contributed by atoms with van der Waals surface area (Å²) in [6, 6.07) is 9.03. The Morgan fingerprint density at radius 2 is 2.11 bits per heavy atom. The van der Waals surface area contributed by atoms with Crippen LogP contribution in [0.5, 0.6) is 0 Å². The summed E-state index contributed by atoms with van der Waals surface area (Å²) < 4.78 is 5.41. The van der Waals surface area contributed by atoms with Crippen molar-refractivity contribution in [2.45, 2.75) is 13.3 Å². The molecular weight excluding hydrogens is 246 g/mol. The van der Waals surface area contributed by atoms with Crippen LogP contribution in [0.3, 0.4) is 0 Å². The van der Waals surface area contributed by atoms with Gasteiger partial charge in [0.1, 0.15) is 5.58 Å². The minimum atomic E-state index is -0.863. The van der Waals surface area contributed by atoms with Crippen molar-refractivity contribution in [3.8, 4) is 0 Å². The van der Waals surface area contributed by atoms with Crippen LogP contribution in [0.4, 0.5) is 0 Å². The minimum Gasteiger partial charge on any atom is -0.481 e. The highest BCUT2D eigenvalue weighted by atomic mass is 16.4. The van der Waals surface area contributed by atoms with E-state index in [-0.39, 0.29) is 11.7 Å². The lowest BCUT2D eigenvalue weighted by atomic mass is 10.1. The lowest BCUT2D eigenvalue weighted by Gasteiger charge is -2.06. The molecule has 2 rings (SSSR count). The second-order valence-electron chi connectivity index (χ2n) is 4.43. The minimum absolute atomic E-state index is 0.240. The Balaban J connectivity index is 1.94. The first-order valence-electron chi connectivity index (χ1n) is 6.07. The first-order chi connectivity index (χ1) is 9.08. The molecule has 0 saturated heterocycles. The predicted molar refractivity (Wildman–Crippen MR) is 70.0 cm³/mol.